The molecule has 0 spiro atoms. The Balaban J connectivity index is 2.05. The molecule has 8 heteroatoms. The van der Waals surface area contributed by atoms with Crippen LogP contribution in [0.25, 0.3) is 0 Å². The van der Waals surface area contributed by atoms with Crippen molar-refractivity contribution in [2.75, 3.05) is 27.8 Å². The van der Waals surface area contributed by atoms with E-state index >= 15 is 0 Å². The molecule has 0 aliphatic heterocycles. The lowest BCUT2D eigenvalue weighted by Gasteiger charge is -2.14. The van der Waals surface area contributed by atoms with Crippen molar-refractivity contribution >= 4 is 11.8 Å². The van der Waals surface area contributed by atoms with E-state index < -0.39 is 23.1 Å². The Morgan fingerprint density at radius 3 is 2.33 bits per heavy atom. The molecule has 0 fully saturated rings. The van der Waals surface area contributed by atoms with Gasteiger partial charge in [-0.1, -0.05) is 12.1 Å². The van der Waals surface area contributed by atoms with Gasteiger partial charge in [-0.15, -0.1) is 0 Å². The number of ether oxygens (including phenoxy) is 2. The molecule has 27 heavy (non-hydrogen) atoms. The minimum Gasteiger partial charge on any atom is -0.493 e. The van der Waals surface area contributed by atoms with Crippen molar-refractivity contribution in [3.63, 3.8) is 0 Å². The van der Waals surface area contributed by atoms with Crippen LogP contribution in [0.2, 0.25) is 0 Å². The van der Waals surface area contributed by atoms with Crippen molar-refractivity contribution in [2.45, 2.75) is 6.54 Å². The number of likely N-dealkylation sites (N-methyl/N-ethyl adjacent to an activating group) is 1. The van der Waals surface area contributed by atoms with Crippen molar-refractivity contribution < 1.29 is 27.8 Å². The van der Waals surface area contributed by atoms with Crippen LogP contribution in [0.4, 0.5) is 8.78 Å². The lowest BCUT2D eigenvalue weighted by atomic mass is 10.1. The van der Waals surface area contributed by atoms with Gasteiger partial charge in [0.1, 0.15) is 17.2 Å². The highest BCUT2D eigenvalue weighted by molar-refractivity contribution is 5.94. The predicted molar refractivity (Wildman–Crippen MR) is 94.7 cm³/mol. The first-order chi connectivity index (χ1) is 12.8. The van der Waals surface area contributed by atoms with E-state index in [1.54, 1.807) is 32.3 Å². The molecule has 0 heterocycles. The smallest absolute Gasteiger partial charge is 0.259 e. The van der Waals surface area contributed by atoms with Gasteiger partial charge in [-0.05, 0) is 29.8 Å². The highest BCUT2D eigenvalue weighted by Gasteiger charge is 2.17. The van der Waals surface area contributed by atoms with Gasteiger partial charge in [0, 0.05) is 20.6 Å². The van der Waals surface area contributed by atoms with Crippen LogP contribution in [-0.4, -0.2) is 44.5 Å². The molecule has 0 aliphatic rings. The van der Waals surface area contributed by atoms with Crippen LogP contribution in [0.15, 0.2) is 36.4 Å². The molecular weight excluding hydrogens is 358 g/mol. The Bertz CT molecular complexity index is 820. The van der Waals surface area contributed by atoms with E-state index in [1.807, 2.05) is 0 Å². The van der Waals surface area contributed by atoms with E-state index in [-0.39, 0.29) is 19.1 Å². The highest BCUT2D eigenvalue weighted by Crippen LogP contribution is 2.28. The summed E-state index contributed by atoms with van der Waals surface area (Å²) in [6, 6.07) is 8.06. The molecule has 1 N–H and O–H groups in total. The van der Waals surface area contributed by atoms with E-state index in [4.69, 9.17) is 9.47 Å². The Hall–Kier alpha value is -3.16. The second-order valence-electron chi connectivity index (χ2n) is 5.84. The summed E-state index contributed by atoms with van der Waals surface area (Å²) in [5.74, 6) is -2.20. The molecule has 0 radical (unpaired) electrons. The number of carbonyl (C=O) groups is 2. The fourth-order valence-corrected chi connectivity index (χ4v) is 2.20. The number of benzene rings is 2. The molecule has 0 atom stereocenters. The lowest BCUT2D eigenvalue weighted by molar-refractivity contribution is -0.130. The summed E-state index contributed by atoms with van der Waals surface area (Å²) < 4.78 is 37.9. The number of amides is 2. The van der Waals surface area contributed by atoms with Crippen LogP contribution in [-0.2, 0) is 11.3 Å². The van der Waals surface area contributed by atoms with Crippen molar-refractivity contribution in [2.24, 2.45) is 0 Å². The maximum atomic E-state index is 13.6. The van der Waals surface area contributed by atoms with Gasteiger partial charge < -0.3 is 19.7 Å². The van der Waals surface area contributed by atoms with Crippen molar-refractivity contribution in [1.29, 1.82) is 0 Å². The van der Waals surface area contributed by atoms with Crippen LogP contribution in [0.1, 0.15) is 15.9 Å². The van der Waals surface area contributed by atoms with Crippen LogP contribution >= 0.6 is 0 Å². The molecule has 0 aliphatic carbocycles. The molecule has 144 valence electrons. The summed E-state index contributed by atoms with van der Waals surface area (Å²) in [7, 11) is 4.67. The Kier molecular flexibility index (Phi) is 6.70. The second-order valence-corrected chi connectivity index (χ2v) is 5.84. The van der Waals surface area contributed by atoms with E-state index in [0.29, 0.717) is 17.1 Å². The first-order valence-corrected chi connectivity index (χ1v) is 8.05. The van der Waals surface area contributed by atoms with Gasteiger partial charge in [0.05, 0.1) is 7.11 Å². The van der Waals surface area contributed by atoms with Gasteiger partial charge in [-0.2, -0.15) is 0 Å². The number of hydrogen-bond donors (Lipinski definition) is 1. The molecule has 6 nitrogen and oxygen atoms in total. The number of nitrogens with zero attached hydrogens (tertiary/aromatic N) is 1. The van der Waals surface area contributed by atoms with Gasteiger partial charge in [-0.25, -0.2) is 8.78 Å². The second kappa shape index (κ2) is 8.98. The summed E-state index contributed by atoms with van der Waals surface area (Å²) in [5.41, 5.74) is -0.00477. The molecule has 0 aromatic heterocycles. The fourth-order valence-electron chi connectivity index (χ4n) is 2.20. The molecule has 0 unspecified atom stereocenters. The SMILES string of the molecule is COc1cc(CNC(=O)c2c(F)cccc2F)ccc1OCC(=O)N(C)C. The normalized spacial score (nSPS) is 10.3. The van der Waals surface area contributed by atoms with Gasteiger partial charge in [-0.3, -0.25) is 9.59 Å². The van der Waals surface area contributed by atoms with E-state index in [0.717, 1.165) is 12.1 Å². The molecular formula is C19H20F2N2O4. The number of nitrogens with one attached hydrogen (secondary N) is 1. The van der Waals surface area contributed by atoms with Crippen LogP contribution in [0.3, 0.4) is 0 Å². The maximum absolute atomic E-state index is 13.6. The van der Waals surface area contributed by atoms with Crippen molar-refractivity contribution in [3.05, 3.63) is 59.2 Å². The maximum Gasteiger partial charge on any atom is 0.259 e. The van der Waals surface area contributed by atoms with Crippen LogP contribution in [0.5, 0.6) is 11.5 Å². The highest BCUT2D eigenvalue weighted by atomic mass is 19.1. The van der Waals surface area contributed by atoms with Crippen LogP contribution < -0.4 is 14.8 Å². The minimum atomic E-state index is -0.931. The van der Waals surface area contributed by atoms with E-state index in [2.05, 4.69) is 5.32 Å². The summed E-state index contributed by atoms with van der Waals surface area (Å²) in [4.78, 5) is 25.0. The van der Waals surface area contributed by atoms with Gasteiger partial charge in [0.2, 0.25) is 0 Å². The molecule has 0 bridgehead atoms. The van der Waals surface area contributed by atoms with Gasteiger partial charge in [0.15, 0.2) is 18.1 Å². The molecule has 2 aromatic rings. The van der Waals surface area contributed by atoms with Crippen molar-refractivity contribution in [1.82, 2.24) is 10.2 Å². The number of halogens is 2. The zero-order valence-corrected chi connectivity index (χ0v) is 15.2. The summed E-state index contributed by atoms with van der Waals surface area (Å²) in [6.45, 7) is -0.119. The van der Waals surface area contributed by atoms with Crippen molar-refractivity contribution in [3.8, 4) is 11.5 Å². The number of methoxy groups -OCH3 is 1. The quantitative estimate of drug-likeness (QED) is 0.803. The Morgan fingerprint density at radius 2 is 1.74 bits per heavy atom. The zero-order chi connectivity index (χ0) is 20.0. The molecule has 0 saturated carbocycles. The third kappa shape index (κ3) is 5.16. The standard InChI is InChI=1S/C19H20F2N2O4/c1-23(2)17(24)11-27-15-8-7-12(9-16(15)26-3)10-22-19(25)18-13(20)5-4-6-14(18)21/h4-9H,10-11H2,1-3H3,(H,22,25). The van der Waals surface area contributed by atoms with Crippen LogP contribution in [0, 0.1) is 11.6 Å². The molecule has 2 amide bonds. The monoisotopic (exact) mass is 378 g/mol. The lowest BCUT2D eigenvalue weighted by Crippen LogP contribution is -2.27. The summed E-state index contributed by atoms with van der Waals surface area (Å²) in [6.07, 6.45) is 0. The number of rotatable bonds is 7. The Morgan fingerprint density at radius 1 is 1.07 bits per heavy atom. The zero-order valence-electron chi connectivity index (χ0n) is 15.2. The summed E-state index contributed by atoms with van der Waals surface area (Å²) >= 11 is 0. The third-order valence-corrected chi connectivity index (χ3v) is 3.72. The van der Waals surface area contributed by atoms with E-state index in [9.17, 15) is 18.4 Å². The first-order valence-electron chi connectivity index (χ1n) is 8.05. The van der Waals surface area contributed by atoms with E-state index in [1.165, 1.54) is 18.1 Å². The van der Waals surface area contributed by atoms with Gasteiger partial charge >= 0.3 is 0 Å². The molecule has 2 rings (SSSR count). The Labute approximate surface area is 155 Å². The first kappa shape index (κ1) is 20.2. The minimum absolute atomic E-state index is 0.0277. The third-order valence-electron chi connectivity index (χ3n) is 3.72. The fraction of sp³-hybridized carbons (Fsp3) is 0.263. The summed E-state index contributed by atoms with van der Waals surface area (Å²) in [5, 5.41) is 2.46. The number of hydrogen-bond acceptors (Lipinski definition) is 4. The average molecular weight is 378 g/mol. The number of carbonyl (C=O) groups excluding carboxylic acids is 2. The predicted octanol–water partition coefficient (Wildman–Crippen LogP) is 2.37. The largest absolute Gasteiger partial charge is 0.493 e. The molecule has 2 aromatic carbocycles. The average Bonchev–Trinajstić information content (AvgIpc) is 2.64. The molecule has 0 saturated heterocycles. The topological polar surface area (TPSA) is 67.9 Å². The van der Waals surface area contributed by atoms with Gasteiger partial charge in [0.25, 0.3) is 11.8 Å².